The van der Waals surface area contributed by atoms with Crippen LogP contribution >= 0.6 is 11.8 Å². The van der Waals surface area contributed by atoms with Gasteiger partial charge in [0.05, 0.1) is 35.8 Å². The number of amides is 2. The number of thioether (sulfide) groups is 1. The summed E-state index contributed by atoms with van der Waals surface area (Å²) in [6, 6.07) is 7.70. The van der Waals surface area contributed by atoms with Crippen LogP contribution in [0.5, 0.6) is 0 Å². The molecule has 3 aliphatic heterocycles. The summed E-state index contributed by atoms with van der Waals surface area (Å²) in [7, 11) is 0. The van der Waals surface area contributed by atoms with Gasteiger partial charge in [-0.3, -0.25) is 14.4 Å². The van der Waals surface area contributed by atoms with Crippen molar-refractivity contribution in [2.75, 3.05) is 19.8 Å². The second kappa shape index (κ2) is 11.7. The fourth-order valence-corrected chi connectivity index (χ4v) is 9.11. The van der Waals surface area contributed by atoms with E-state index in [4.69, 9.17) is 4.74 Å². The van der Waals surface area contributed by atoms with E-state index in [1.54, 1.807) is 33.7 Å². The Hall–Kier alpha value is -2.58. The topological polar surface area (TPSA) is 87.1 Å². The highest BCUT2D eigenvalue weighted by Crippen LogP contribution is 2.69. The number of ether oxygens (including phenoxy) is 1. The van der Waals surface area contributed by atoms with Crippen molar-refractivity contribution in [1.82, 2.24) is 9.80 Å². The number of hydrogen-bond donors (Lipinski definition) is 1. The monoisotopic (exact) mass is 540 g/mol. The number of unbranched alkanes of at least 4 members (excludes halogenated alkanes) is 1. The first-order chi connectivity index (χ1) is 18.2. The van der Waals surface area contributed by atoms with Crippen LogP contribution in [0, 0.1) is 17.8 Å². The quantitative estimate of drug-likeness (QED) is 0.245. The molecule has 3 saturated heterocycles. The van der Waals surface area contributed by atoms with E-state index in [2.05, 4.69) is 20.1 Å². The second-order valence-corrected chi connectivity index (χ2v) is 12.4. The molecule has 2 amide bonds. The summed E-state index contributed by atoms with van der Waals surface area (Å²) < 4.78 is 4.89. The van der Waals surface area contributed by atoms with Gasteiger partial charge in [-0.2, -0.15) is 0 Å². The number of aliphatic hydroxyl groups is 1. The zero-order chi connectivity index (χ0) is 27.6. The number of esters is 1. The third-order valence-corrected chi connectivity index (χ3v) is 10.5. The van der Waals surface area contributed by atoms with Crippen LogP contribution in [0.15, 0.2) is 55.6 Å². The molecule has 3 unspecified atom stereocenters. The van der Waals surface area contributed by atoms with Crippen LogP contribution in [0.25, 0.3) is 0 Å². The number of aliphatic hydroxyl groups excluding tert-OH is 1. The van der Waals surface area contributed by atoms with Crippen molar-refractivity contribution in [3.63, 3.8) is 0 Å². The molecule has 0 saturated carbocycles. The zero-order valence-corrected chi connectivity index (χ0v) is 23.4. The lowest BCUT2D eigenvalue weighted by Gasteiger charge is -2.42. The van der Waals surface area contributed by atoms with Crippen LogP contribution in [-0.4, -0.2) is 74.5 Å². The molecule has 206 valence electrons. The SMILES string of the molecule is C=CCCCOC(=O)[C@@H]1[C@H]2C(=O)N([C@H](CO)c3ccccc3)C(C(=O)N(CC=C)C(C)C)C23S[C@@H]1CC3C. The van der Waals surface area contributed by atoms with Gasteiger partial charge in [-0.05, 0) is 44.6 Å². The van der Waals surface area contributed by atoms with Gasteiger partial charge in [-0.25, -0.2) is 0 Å². The first-order valence-electron chi connectivity index (χ1n) is 13.6. The minimum absolute atomic E-state index is 0.0306. The minimum atomic E-state index is -0.816. The largest absolute Gasteiger partial charge is 0.465 e. The smallest absolute Gasteiger partial charge is 0.310 e. The predicted molar refractivity (Wildman–Crippen MR) is 149 cm³/mol. The zero-order valence-electron chi connectivity index (χ0n) is 22.6. The molecule has 0 aliphatic carbocycles. The number of carbonyl (C=O) groups excluding carboxylic acids is 3. The van der Waals surface area contributed by atoms with Gasteiger partial charge < -0.3 is 19.6 Å². The Balaban J connectivity index is 1.80. The highest BCUT2D eigenvalue weighted by atomic mass is 32.2. The summed E-state index contributed by atoms with van der Waals surface area (Å²) in [6.07, 6.45) is 5.64. The highest BCUT2D eigenvalue weighted by Gasteiger charge is 2.77. The summed E-state index contributed by atoms with van der Waals surface area (Å²) >= 11 is 1.62. The molecule has 3 heterocycles. The molecular formula is C30H40N2O5S. The molecule has 7 nitrogen and oxygen atoms in total. The first kappa shape index (κ1) is 28.4. The van der Waals surface area contributed by atoms with Crippen molar-refractivity contribution in [1.29, 1.82) is 0 Å². The van der Waals surface area contributed by atoms with Crippen molar-refractivity contribution in [2.24, 2.45) is 17.8 Å². The Kier molecular flexibility index (Phi) is 8.72. The molecule has 0 aromatic heterocycles. The fourth-order valence-electron chi connectivity index (χ4n) is 6.72. The number of allylic oxidation sites excluding steroid dienone is 1. The molecule has 0 radical (unpaired) electrons. The summed E-state index contributed by atoms with van der Waals surface area (Å²) in [5.41, 5.74) is 0.757. The Morgan fingerprint density at radius 1 is 1.26 bits per heavy atom. The van der Waals surface area contributed by atoms with Crippen molar-refractivity contribution in [3.8, 4) is 0 Å². The highest BCUT2D eigenvalue weighted by molar-refractivity contribution is 8.02. The first-order valence-corrected chi connectivity index (χ1v) is 14.5. The third kappa shape index (κ3) is 4.60. The Morgan fingerprint density at radius 2 is 1.97 bits per heavy atom. The molecule has 3 fully saturated rings. The standard InChI is InChI=1S/C30H40N2O5S/c1-6-8-12-16-37-29(36)24-23-17-20(5)30(38-23)25(24)27(34)32(22(18-33)21-13-10-9-11-14-21)26(30)28(35)31(15-7-2)19(3)4/h6-7,9-11,13-14,19-20,22-26,33H,1-2,8,12,15-18H2,3-5H3/t20?,22-,23-,24+,25+,26?,30?/m1/s1. The normalized spacial score (nSPS) is 30.3. The van der Waals surface area contributed by atoms with E-state index in [0.717, 1.165) is 18.4 Å². The van der Waals surface area contributed by atoms with Gasteiger partial charge in [-0.1, -0.05) is 49.4 Å². The number of likely N-dealkylation sites (tertiary alicyclic amines) is 1. The van der Waals surface area contributed by atoms with Crippen LogP contribution in [0.2, 0.25) is 0 Å². The van der Waals surface area contributed by atoms with E-state index < -0.39 is 28.7 Å². The molecular weight excluding hydrogens is 500 g/mol. The lowest BCUT2D eigenvalue weighted by molar-refractivity contribution is -0.155. The number of rotatable bonds is 12. The fraction of sp³-hybridized carbons (Fsp3) is 0.567. The van der Waals surface area contributed by atoms with Gasteiger partial charge in [0, 0.05) is 17.8 Å². The lowest BCUT2D eigenvalue weighted by atomic mass is 9.66. The molecule has 7 atom stereocenters. The molecule has 1 N–H and O–H groups in total. The van der Waals surface area contributed by atoms with Crippen molar-refractivity contribution < 1.29 is 24.2 Å². The average molecular weight is 541 g/mol. The van der Waals surface area contributed by atoms with E-state index in [1.165, 1.54) is 0 Å². The number of hydrogen-bond acceptors (Lipinski definition) is 6. The minimum Gasteiger partial charge on any atom is -0.465 e. The lowest BCUT2D eigenvalue weighted by Crippen LogP contribution is -2.58. The Morgan fingerprint density at radius 3 is 2.58 bits per heavy atom. The molecule has 1 spiro atoms. The molecule has 1 aromatic carbocycles. The summed E-state index contributed by atoms with van der Waals surface area (Å²) in [6.45, 7) is 13.8. The Bertz CT molecular complexity index is 1060. The third-order valence-electron chi connectivity index (χ3n) is 8.41. The van der Waals surface area contributed by atoms with E-state index in [1.807, 2.05) is 44.2 Å². The predicted octanol–water partition coefficient (Wildman–Crippen LogP) is 3.99. The summed E-state index contributed by atoms with van der Waals surface area (Å²) in [5, 5.41) is 10.5. The van der Waals surface area contributed by atoms with Gasteiger partial charge in [0.2, 0.25) is 11.8 Å². The van der Waals surface area contributed by atoms with Crippen LogP contribution in [-0.2, 0) is 19.1 Å². The van der Waals surface area contributed by atoms with E-state index in [0.29, 0.717) is 13.0 Å². The van der Waals surface area contributed by atoms with Gasteiger partial charge in [0.15, 0.2) is 0 Å². The van der Waals surface area contributed by atoms with Gasteiger partial charge in [0.1, 0.15) is 6.04 Å². The molecule has 4 rings (SSSR count). The van der Waals surface area contributed by atoms with Crippen molar-refractivity contribution in [3.05, 3.63) is 61.2 Å². The van der Waals surface area contributed by atoms with Crippen molar-refractivity contribution in [2.45, 2.75) is 68.2 Å². The van der Waals surface area contributed by atoms with Crippen LogP contribution in [0.4, 0.5) is 0 Å². The van der Waals surface area contributed by atoms with Crippen LogP contribution in [0.1, 0.15) is 51.6 Å². The number of fused-ring (bicyclic) bond motifs is 1. The van der Waals surface area contributed by atoms with Crippen LogP contribution in [0.3, 0.4) is 0 Å². The molecule has 2 bridgehead atoms. The number of benzene rings is 1. The van der Waals surface area contributed by atoms with Crippen LogP contribution < -0.4 is 0 Å². The molecule has 1 aromatic rings. The summed E-state index contributed by atoms with van der Waals surface area (Å²) in [4.78, 5) is 45.7. The molecule has 8 heteroatoms. The maximum absolute atomic E-state index is 14.4. The Labute approximate surface area is 230 Å². The number of nitrogens with zero attached hydrogens (tertiary/aromatic N) is 2. The molecule has 38 heavy (non-hydrogen) atoms. The second-order valence-electron chi connectivity index (χ2n) is 10.9. The van der Waals surface area contributed by atoms with E-state index >= 15 is 0 Å². The van der Waals surface area contributed by atoms with Gasteiger partial charge in [0.25, 0.3) is 0 Å². The molecule has 3 aliphatic rings. The maximum atomic E-state index is 14.4. The average Bonchev–Trinajstić information content (AvgIpc) is 3.50. The van der Waals surface area contributed by atoms with E-state index in [9.17, 15) is 19.5 Å². The van der Waals surface area contributed by atoms with Gasteiger partial charge in [-0.15, -0.1) is 24.9 Å². The summed E-state index contributed by atoms with van der Waals surface area (Å²) in [5.74, 6) is -2.04. The maximum Gasteiger partial charge on any atom is 0.310 e. The van der Waals surface area contributed by atoms with E-state index in [-0.39, 0.29) is 48.2 Å². The van der Waals surface area contributed by atoms with Crippen molar-refractivity contribution >= 4 is 29.5 Å². The van der Waals surface area contributed by atoms with Gasteiger partial charge >= 0.3 is 5.97 Å². The number of carbonyl (C=O) groups is 3.